The van der Waals surface area contributed by atoms with Crippen LogP contribution in [0.3, 0.4) is 0 Å². The monoisotopic (exact) mass is 397 g/mol. The van der Waals surface area contributed by atoms with Crippen molar-refractivity contribution in [3.63, 3.8) is 0 Å². The van der Waals surface area contributed by atoms with Gasteiger partial charge in [0.15, 0.2) is 11.5 Å². The van der Waals surface area contributed by atoms with Crippen LogP contribution >= 0.6 is 23.2 Å². The Morgan fingerprint density at radius 3 is 1.88 bits per heavy atom. The zero-order valence-electron chi connectivity index (χ0n) is 14.9. The first kappa shape index (κ1) is 20.2. The molecule has 0 spiro atoms. The number of halogens is 2. The molecular formula is C19H21Cl2NO4. The number of rotatable bonds is 8. The molecular weight excluding hydrogens is 377 g/mol. The second kappa shape index (κ2) is 9.55. The summed E-state index contributed by atoms with van der Waals surface area (Å²) < 4.78 is 16.9. The summed E-state index contributed by atoms with van der Waals surface area (Å²) >= 11 is 12.2. The largest absolute Gasteiger partial charge is 0.490 e. The highest BCUT2D eigenvalue weighted by Gasteiger charge is 2.19. The normalized spacial score (nSPS) is 10.3. The van der Waals surface area contributed by atoms with Crippen molar-refractivity contribution in [2.45, 2.75) is 20.8 Å². The predicted octanol–water partition coefficient (Wildman–Crippen LogP) is 5.44. The summed E-state index contributed by atoms with van der Waals surface area (Å²) in [6.45, 7) is 6.87. The fraction of sp³-hybridized carbons (Fsp3) is 0.316. The lowest BCUT2D eigenvalue weighted by Crippen LogP contribution is -2.14. The molecule has 0 aromatic heterocycles. The van der Waals surface area contributed by atoms with Gasteiger partial charge in [0.2, 0.25) is 5.75 Å². The Hall–Kier alpha value is -2.11. The lowest BCUT2D eigenvalue weighted by Gasteiger charge is -2.17. The number of ether oxygens (including phenoxy) is 3. The molecule has 1 amide bonds. The van der Waals surface area contributed by atoms with Crippen molar-refractivity contribution in [2.75, 3.05) is 25.1 Å². The molecule has 0 unspecified atom stereocenters. The molecule has 7 heteroatoms. The van der Waals surface area contributed by atoms with Crippen LogP contribution in [0.4, 0.5) is 5.69 Å². The van der Waals surface area contributed by atoms with E-state index in [1.54, 1.807) is 30.3 Å². The Labute approximate surface area is 163 Å². The van der Waals surface area contributed by atoms with Gasteiger partial charge in [-0.25, -0.2) is 0 Å². The van der Waals surface area contributed by atoms with E-state index >= 15 is 0 Å². The van der Waals surface area contributed by atoms with E-state index in [-0.39, 0.29) is 5.91 Å². The number of carbonyl (C=O) groups excluding carboxylic acids is 1. The van der Waals surface area contributed by atoms with Gasteiger partial charge >= 0.3 is 0 Å². The average Bonchev–Trinajstić information content (AvgIpc) is 2.61. The van der Waals surface area contributed by atoms with Gasteiger partial charge in [0, 0.05) is 5.56 Å². The summed E-state index contributed by atoms with van der Waals surface area (Å²) in [6, 6.07) is 8.22. The number of hydrogen-bond donors (Lipinski definition) is 1. The van der Waals surface area contributed by atoms with Gasteiger partial charge in [-0.05, 0) is 45.0 Å². The van der Waals surface area contributed by atoms with Gasteiger partial charge in [-0.2, -0.15) is 0 Å². The van der Waals surface area contributed by atoms with Crippen molar-refractivity contribution in [1.29, 1.82) is 0 Å². The van der Waals surface area contributed by atoms with Crippen LogP contribution in [0.5, 0.6) is 17.2 Å². The Morgan fingerprint density at radius 1 is 0.923 bits per heavy atom. The minimum absolute atomic E-state index is 0.344. The van der Waals surface area contributed by atoms with Crippen molar-refractivity contribution in [2.24, 2.45) is 0 Å². The average molecular weight is 398 g/mol. The number of hydrogen-bond acceptors (Lipinski definition) is 4. The molecule has 0 heterocycles. The first-order valence-corrected chi connectivity index (χ1v) is 9.09. The summed E-state index contributed by atoms with van der Waals surface area (Å²) in [6.07, 6.45) is 0. The third kappa shape index (κ3) is 4.74. The van der Waals surface area contributed by atoms with E-state index in [0.29, 0.717) is 58.4 Å². The highest BCUT2D eigenvalue weighted by molar-refractivity contribution is 6.40. The van der Waals surface area contributed by atoms with Crippen molar-refractivity contribution >= 4 is 34.8 Å². The Kier molecular flexibility index (Phi) is 7.42. The maximum Gasteiger partial charge on any atom is 0.256 e. The van der Waals surface area contributed by atoms with E-state index in [9.17, 15) is 4.79 Å². The molecule has 0 fully saturated rings. The topological polar surface area (TPSA) is 56.8 Å². The summed E-state index contributed by atoms with van der Waals surface area (Å²) in [5.41, 5.74) is 0.696. The van der Waals surface area contributed by atoms with Gasteiger partial charge in [-0.3, -0.25) is 4.79 Å². The van der Waals surface area contributed by atoms with Gasteiger partial charge in [0.05, 0.1) is 35.6 Å². The van der Waals surface area contributed by atoms with Crippen LogP contribution in [-0.4, -0.2) is 25.7 Å². The lowest BCUT2D eigenvalue weighted by molar-refractivity contribution is 0.102. The zero-order valence-corrected chi connectivity index (χ0v) is 16.4. The van der Waals surface area contributed by atoms with Crippen molar-refractivity contribution in [3.05, 3.63) is 45.9 Å². The van der Waals surface area contributed by atoms with Crippen molar-refractivity contribution in [3.8, 4) is 17.2 Å². The molecule has 2 aromatic carbocycles. The molecule has 2 aromatic rings. The molecule has 0 saturated carbocycles. The first-order valence-electron chi connectivity index (χ1n) is 8.33. The van der Waals surface area contributed by atoms with Crippen LogP contribution in [0.2, 0.25) is 10.0 Å². The Balaban J connectivity index is 2.42. The number of benzene rings is 2. The first-order chi connectivity index (χ1) is 12.5. The molecule has 0 aliphatic carbocycles. The van der Waals surface area contributed by atoms with Crippen molar-refractivity contribution in [1.82, 2.24) is 0 Å². The van der Waals surface area contributed by atoms with Crippen LogP contribution in [0.25, 0.3) is 0 Å². The van der Waals surface area contributed by atoms with Gasteiger partial charge in [0.25, 0.3) is 5.91 Å². The van der Waals surface area contributed by atoms with Crippen LogP contribution in [0.15, 0.2) is 30.3 Å². The van der Waals surface area contributed by atoms with E-state index in [1.807, 2.05) is 20.8 Å². The van der Waals surface area contributed by atoms with Crippen LogP contribution in [0.1, 0.15) is 31.1 Å². The zero-order chi connectivity index (χ0) is 19.1. The van der Waals surface area contributed by atoms with Gasteiger partial charge in [-0.15, -0.1) is 0 Å². The molecule has 0 atom stereocenters. The van der Waals surface area contributed by atoms with Crippen molar-refractivity contribution < 1.29 is 19.0 Å². The molecule has 140 valence electrons. The van der Waals surface area contributed by atoms with E-state index in [1.165, 1.54) is 0 Å². The summed E-state index contributed by atoms with van der Waals surface area (Å²) in [5.74, 6) is 0.972. The third-order valence-electron chi connectivity index (χ3n) is 3.37. The van der Waals surface area contributed by atoms with Gasteiger partial charge in [-0.1, -0.05) is 29.3 Å². The molecule has 0 aliphatic heterocycles. The SMILES string of the molecule is CCOc1cc(C(=O)Nc2c(Cl)cccc2Cl)cc(OCC)c1OCC. The third-order valence-corrected chi connectivity index (χ3v) is 4.00. The van der Waals surface area contributed by atoms with E-state index in [4.69, 9.17) is 37.4 Å². The highest BCUT2D eigenvalue weighted by atomic mass is 35.5. The standard InChI is InChI=1S/C19H21Cl2NO4/c1-4-24-15-10-12(11-16(25-5-2)18(15)26-6-3)19(23)22-17-13(20)8-7-9-14(17)21/h7-11H,4-6H2,1-3H3,(H,22,23). The Morgan fingerprint density at radius 2 is 1.42 bits per heavy atom. The van der Waals surface area contributed by atoms with E-state index in [0.717, 1.165) is 0 Å². The number of nitrogens with one attached hydrogen (secondary N) is 1. The number of amides is 1. The quantitative estimate of drug-likeness (QED) is 0.643. The maximum atomic E-state index is 12.7. The summed E-state index contributed by atoms with van der Waals surface area (Å²) in [7, 11) is 0. The van der Waals surface area contributed by atoms with E-state index in [2.05, 4.69) is 5.32 Å². The summed E-state index contributed by atoms with van der Waals surface area (Å²) in [4.78, 5) is 12.7. The fourth-order valence-corrected chi connectivity index (χ4v) is 2.81. The van der Waals surface area contributed by atoms with Gasteiger partial charge in [0.1, 0.15) is 0 Å². The molecule has 26 heavy (non-hydrogen) atoms. The molecule has 0 radical (unpaired) electrons. The minimum Gasteiger partial charge on any atom is -0.490 e. The molecule has 0 aliphatic rings. The van der Waals surface area contributed by atoms with Crippen LogP contribution < -0.4 is 19.5 Å². The van der Waals surface area contributed by atoms with Crippen LogP contribution in [0, 0.1) is 0 Å². The second-order valence-electron chi connectivity index (χ2n) is 5.15. The summed E-state index contributed by atoms with van der Waals surface area (Å²) in [5, 5.41) is 3.44. The maximum absolute atomic E-state index is 12.7. The molecule has 1 N–H and O–H groups in total. The lowest BCUT2D eigenvalue weighted by atomic mass is 10.1. The van der Waals surface area contributed by atoms with Crippen LogP contribution in [-0.2, 0) is 0 Å². The molecule has 5 nitrogen and oxygen atoms in total. The van der Waals surface area contributed by atoms with E-state index < -0.39 is 0 Å². The Bertz CT molecular complexity index is 733. The number of anilines is 1. The minimum atomic E-state index is -0.384. The second-order valence-corrected chi connectivity index (χ2v) is 5.97. The predicted molar refractivity (Wildman–Crippen MR) is 104 cm³/mol. The smallest absolute Gasteiger partial charge is 0.256 e. The van der Waals surface area contributed by atoms with Gasteiger partial charge < -0.3 is 19.5 Å². The number of carbonyl (C=O) groups is 1. The molecule has 0 bridgehead atoms. The molecule has 0 saturated heterocycles. The molecule has 2 rings (SSSR count). The number of para-hydroxylation sites is 1. The highest BCUT2D eigenvalue weighted by Crippen LogP contribution is 2.39. The fourth-order valence-electron chi connectivity index (χ4n) is 2.32.